The standard InChI is InChI=1S/C17H14ClFN2O3/c1-21-13-7-10(5-6-14(13)24-9-15(21)22)8-20-17(23)16-11(18)3-2-4-12(16)19/h2-7H,8-9H2,1H3,(H,20,23). The monoisotopic (exact) mass is 348 g/mol. The molecule has 2 amide bonds. The Balaban J connectivity index is 1.76. The Morgan fingerprint density at radius 2 is 2.17 bits per heavy atom. The van der Waals surface area contributed by atoms with E-state index in [0.29, 0.717) is 11.4 Å². The Morgan fingerprint density at radius 3 is 2.92 bits per heavy atom. The number of carbonyl (C=O) groups is 2. The summed E-state index contributed by atoms with van der Waals surface area (Å²) in [6, 6.07) is 9.32. The van der Waals surface area contributed by atoms with Gasteiger partial charge in [-0.15, -0.1) is 0 Å². The van der Waals surface area contributed by atoms with Crippen LogP contribution in [0.1, 0.15) is 15.9 Å². The Hall–Kier alpha value is -2.60. The maximum Gasteiger partial charge on any atom is 0.264 e. The number of hydrogen-bond donors (Lipinski definition) is 1. The molecule has 1 aliphatic heterocycles. The van der Waals surface area contributed by atoms with Crippen molar-refractivity contribution in [2.75, 3.05) is 18.6 Å². The van der Waals surface area contributed by atoms with Crippen LogP contribution in [0.2, 0.25) is 5.02 Å². The first-order valence-electron chi connectivity index (χ1n) is 7.22. The lowest BCUT2D eigenvalue weighted by molar-refractivity contribution is -0.120. The number of fused-ring (bicyclic) bond motifs is 1. The number of benzene rings is 2. The van der Waals surface area contributed by atoms with E-state index in [-0.39, 0.29) is 29.6 Å². The van der Waals surface area contributed by atoms with Crippen molar-refractivity contribution in [3.05, 3.63) is 58.4 Å². The number of anilines is 1. The lowest BCUT2D eigenvalue weighted by atomic mass is 10.1. The van der Waals surface area contributed by atoms with Gasteiger partial charge < -0.3 is 15.0 Å². The molecule has 0 fully saturated rings. The number of hydrogen-bond acceptors (Lipinski definition) is 3. The Morgan fingerprint density at radius 1 is 1.38 bits per heavy atom. The van der Waals surface area contributed by atoms with Crippen LogP contribution in [-0.2, 0) is 11.3 Å². The maximum absolute atomic E-state index is 13.7. The summed E-state index contributed by atoms with van der Waals surface area (Å²) in [5.74, 6) is -0.827. The molecule has 1 N–H and O–H groups in total. The lowest BCUT2D eigenvalue weighted by Crippen LogP contribution is -2.35. The summed E-state index contributed by atoms with van der Waals surface area (Å²) in [4.78, 5) is 25.3. The van der Waals surface area contributed by atoms with E-state index in [1.807, 2.05) is 0 Å². The van der Waals surface area contributed by atoms with E-state index in [9.17, 15) is 14.0 Å². The number of likely N-dealkylation sites (N-methyl/N-ethyl adjacent to an activating group) is 1. The van der Waals surface area contributed by atoms with Gasteiger partial charge in [0.2, 0.25) is 0 Å². The van der Waals surface area contributed by atoms with Crippen LogP contribution in [0.4, 0.5) is 10.1 Å². The number of rotatable bonds is 3. The van der Waals surface area contributed by atoms with Gasteiger partial charge in [0.05, 0.1) is 16.3 Å². The number of ether oxygens (including phenoxy) is 1. The zero-order chi connectivity index (χ0) is 17.3. The predicted molar refractivity (Wildman–Crippen MR) is 87.9 cm³/mol. The predicted octanol–water partition coefficient (Wildman–Crippen LogP) is 2.76. The highest BCUT2D eigenvalue weighted by atomic mass is 35.5. The first kappa shape index (κ1) is 16.3. The Labute approximate surface area is 143 Å². The first-order chi connectivity index (χ1) is 11.5. The minimum absolute atomic E-state index is 0.00532. The molecule has 2 aromatic carbocycles. The minimum atomic E-state index is -0.677. The second-order valence-electron chi connectivity index (χ2n) is 5.32. The fraction of sp³-hybridized carbons (Fsp3) is 0.176. The molecule has 0 radical (unpaired) electrons. The fourth-order valence-corrected chi connectivity index (χ4v) is 2.66. The number of nitrogens with one attached hydrogen (secondary N) is 1. The van der Waals surface area contributed by atoms with E-state index >= 15 is 0 Å². The van der Waals surface area contributed by atoms with E-state index in [0.717, 1.165) is 5.56 Å². The quantitative estimate of drug-likeness (QED) is 0.928. The molecule has 0 bridgehead atoms. The van der Waals surface area contributed by atoms with Crippen molar-refractivity contribution < 1.29 is 18.7 Å². The second kappa shape index (κ2) is 6.49. The second-order valence-corrected chi connectivity index (χ2v) is 5.73. The van der Waals surface area contributed by atoms with Gasteiger partial charge in [-0.3, -0.25) is 9.59 Å². The fourth-order valence-electron chi connectivity index (χ4n) is 2.41. The van der Waals surface area contributed by atoms with Crippen molar-refractivity contribution in [2.24, 2.45) is 0 Å². The molecular weight excluding hydrogens is 335 g/mol. The summed E-state index contributed by atoms with van der Waals surface area (Å²) in [6.45, 7) is 0.171. The van der Waals surface area contributed by atoms with E-state index in [1.165, 1.54) is 23.1 Å². The van der Waals surface area contributed by atoms with Crippen LogP contribution in [0.5, 0.6) is 5.75 Å². The molecule has 0 aliphatic carbocycles. The minimum Gasteiger partial charge on any atom is -0.482 e. The largest absolute Gasteiger partial charge is 0.482 e. The maximum atomic E-state index is 13.7. The van der Waals surface area contributed by atoms with Crippen LogP contribution in [-0.4, -0.2) is 25.5 Å². The highest BCUT2D eigenvalue weighted by molar-refractivity contribution is 6.33. The van der Waals surface area contributed by atoms with Gasteiger partial charge in [-0.25, -0.2) is 4.39 Å². The molecule has 0 spiro atoms. The van der Waals surface area contributed by atoms with Crippen LogP contribution in [0, 0.1) is 5.82 Å². The topological polar surface area (TPSA) is 58.6 Å². The van der Waals surface area contributed by atoms with Crippen LogP contribution in [0.15, 0.2) is 36.4 Å². The van der Waals surface area contributed by atoms with Crippen molar-refractivity contribution in [3.63, 3.8) is 0 Å². The van der Waals surface area contributed by atoms with Crippen molar-refractivity contribution in [2.45, 2.75) is 6.54 Å². The van der Waals surface area contributed by atoms with E-state index < -0.39 is 11.7 Å². The van der Waals surface area contributed by atoms with Gasteiger partial charge >= 0.3 is 0 Å². The molecule has 0 saturated heterocycles. The highest BCUT2D eigenvalue weighted by Gasteiger charge is 2.22. The van der Waals surface area contributed by atoms with Crippen LogP contribution in [0.3, 0.4) is 0 Å². The van der Waals surface area contributed by atoms with E-state index in [4.69, 9.17) is 16.3 Å². The average molecular weight is 349 g/mol. The molecule has 5 nitrogen and oxygen atoms in total. The summed E-state index contributed by atoms with van der Waals surface area (Å²) >= 11 is 5.87. The molecule has 0 aromatic heterocycles. The lowest BCUT2D eigenvalue weighted by Gasteiger charge is -2.26. The molecule has 124 valence electrons. The van der Waals surface area contributed by atoms with Crippen molar-refractivity contribution in [3.8, 4) is 5.75 Å². The van der Waals surface area contributed by atoms with Crippen LogP contribution < -0.4 is 15.0 Å². The van der Waals surface area contributed by atoms with Crippen molar-refractivity contribution in [1.82, 2.24) is 5.32 Å². The molecule has 3 rings (SSSR count). The normalized spacial score (nSPS) is 13.3. The summed E-state index contributed by atoms with van der Waals surface area (Å²) in [7, 11) is 1.66. The molecule has 0 saturated carbocycles. The number of nitrogens with zero attached hydrogens (tertiary/aromatic N) is 1. The molecule has 1 aliphatic rings. The first-order valence-corrected chi connectivity index (χ1v) is 7.59. The Bertz CT molecular complexity index is 805. The van der Waals surface area contributed by atoms with E-state index in [1.54, 1.807) is 25.2 Å². The van der Waals surface area contributed by atoms with Crippen molar-refractivity contribution >= 4 is 29.1 Å². The number of amides is 2. The molecular formula is C17H14ClFN2O3. The molecule has 0 atom stereocenters. The molecule has 24 heavy (non-hydrogen) atoms. The third-order valence-corrected chi connectivity index (χ3v) is 4.07. The van der Waals surface area contributed by atoms with Gasteiger partial charge in [0.15, 0.2) is 6.61 Å². The van der Waals surface area contributed by atoms with E-state index in [2.05, 4.69) is 5.32 Å². The molecule has 7 heteroatoms. The summed E-state index contributed by atoms with van der Waals surface area (Å²) in [5, 5.41) is 2.67. The Kier molecular flexibility index (Phi) is 4.40. The molecule has 0 unspecified atom stereocenters. The summed E-state index contributed by atoms with van der Waals surface area (Å²) in [5.41, 5.74) is 1.19. The summed E-state index contributed by atoms with van der Waals surface area (Å²) < 4.78 is 19.1. The average Bonchev–Trinajstić information content (AvgIpc) is 2.56. The third kappa shape index (κ3) is 3.05. The van der Waals surface area contributed by atoms with Gasteiger partial charge in [0, 0.05) is 13.6 Å². The van der Waals surface area contributed by atoms with Gasteiger partial charge in [0.1, 0.15) is 11.6 Å². The smallest absolute Gasteiger partial charge is 0.264 e. The van der Waals surface area contributed by atoms with Crippen molar-refractivity contribution in [1.29, 1.82) is 0 Å². The molecule has 2 aromatic rings. The summed E-state index contributed by atoms with van der Waals surface area (Å²) in [6.07, 6.45) is 0. The SMILES string of the molecule is CN1C(=O)COc2ccc(CNC(=O)c3c(F)cccc3Cl)cc21. The van der Waals surface area contributed by atoms with Crippen LogP contribution in [0.25, 0.3) is 0 Å². The van der Waals surface area contributed by atoms with Gasteiger partial charge in [-0.1, -0.05) is 23.7 Å². The van der Waals surface area contributed by atoms with Gasteiger partial charge in [0.25, 0.3) is 11.8 Å². The zero-order valence-corrected chi connectivity index (χ0v) is 13.6. The highest BCUT2D eigenvalue weighted by Crippen LogP contribution is 2.32. The number of halogens is 2. The zero-order valence-electron chi connectivity index (χ0n) is 12.8. The third-order valence-electron chi connectivity index (χ3n) is 3.75. The van der Waals surface area contributed by atoms with Gasteiger partial charge in [-0.2, -0.15) is 0 Å². The van der Waals surface area contributed by atoms with Crippen LogP contribution >= 0.6 is 11.6 Å². The number of carbonyl (C=O) groups excluding carboxylic acids is 2. The van der Waals surface area contributed by atoms with Gasteiger partial charge in [-0.05, 0) is 29.8 Å². The molecule has 1 heterocycles.